The maximum absolute atomic E-state index is 10.7. The number of para-hydroxylation sites is 1. The molecular formula is C16H26NO8P. The predicted molar refractivity (Wildman–Crippen MR) is 95.4 cm³/mol. The molecule has 0 saturated heterocycles. The molecule has 0 aromatic heterocycles. The molecule has 9 nitrogen and oxygen atoms in total. The lowest BCUT2D eigenvalue weighted by molar-refractivity contribution is -0.139. The van der Waals surface area contributed by atoms with Gasteiger partial charge in [-0.2, -0.15) is 0 Å². The molecule has 10 heteroatoms. The molecule has 0 bridgehead atoms. The zero-order chi connectivity index (χ0) is 20.5. The van der Waals surface area contributed by atoms with Crippen LogP contribution in [0, 0.1) is 0 Å². The van der Waals surface area contributed by atoms with Gasteiger partial charge in [0.15, 0.2) is 0 Å². The number of rotatable bonds is 8. The molecule has 1 atom stereocenters. The highest BCUT2D eigenvalue weighted by atomic mass is 31.2. The van der Waals surface area contributed by atoms with E-state index in [0.717, 1.165) is 11.3 Å². The Labute approximate surface area is 152 Å². The van der Waals surface area contributed by atoms with Crippen LogP contribution in [0.1, 0.15) is 32.3 Å². The molecule has 0 aliphatic carbocycles. The first-order chi connectivity index (χ1) is 11.8. The quantitative estimate of drug-likeness (QED) is 0.411. The van der Waals surface area contributed by atoms with Gasteiger partial charge in [-0.05, 0) is 12.5 Å². The summed E-state index contributed by atoms with van der Waals surface area (Å²) in [4.78, 5) is 37.4. The zero-order valence-corrected chi connectivity index (χ0v) is 15.8. The van der Waals surface area contributed by atoms with Crippen molar-refractivity contribution in [3.8, 4) is 5.75 Å². The van der Waals surface area contributed by atoms with E-state index in [1.807, 2.05) is 38.1 Å². The third-order valence-electron chi connectivity index (χ3n) is 3.48. The minimum atomic E-state index is -4.10. The molecule has 26 heavy (non-hydrogen) atoms. The Morgan fingerprint density at radius 2 is 1.77 bits per heavy atom. The van der Waals surface area contributed by atoms with Crippen LogP contribution >= 0.6 is 7.60 Å². The molecule has 0 spiro atoms. The van der Waals surface area contributed by atoms with Crippen LogP contribution < -0.4 is 10.5 Å². The largest absolute Gasteiger partial charge is 0.496 e. The Morgan fingerprint density at radius 3 is 2.19 bits per heavy atom. The first kappa shape index (κ1) is 24.1. The number of benzene rings is 1. The smallest absolute Gasteiger partial charge is 0.325 e. The van der Waals surface area contributed by atoms with E-state index in [0.29, 0.717) is 0 Å². The SMILES string of the molecule is COc1ccccc1C(C)(C)CC(=O)O.NC(CCP(=O)(O)O)C(=O)O. The second-order valence-electron chi connectivity index (χ2n) is 6.28. The molecule has 1 unspecified atom stereocenters. The first-order valence-corrected chi connectivity index (χ1v) is 9.48. The van der Waals surface area contributed by atoms with E-state index in [-0.39, 0.29) is 12.8 Å². The molecule has 6 N–H and O–H groups in total. The van der Waals surface area contributed by atoms with Gasteiger partial charge in [-0.15, -0.1) is 0 Å². The van der Waals surface area contributed by atoms with Crippen molar-refractivity contribution in [3.63, 3.8) is 0 Å². The summed E-state index contributed by atoms with van der Waals surface area (Å²) in [6.45, 7) is 3.80. The topological polar surface area (TPSA) is 167 Å². The maximum atomic E-state index is 10.7. The second-order valence-corrected chi connectivity index (χ2v) is 8.05. The van der Waals surface area contributed by atoms with Gasteiger partial charge in [0.05, 0.1) is 19.7 Å². The number of carboxylic acids is 2. The van der Waals surface area contributed by atoms with E-state index < -0.39 is 37.2 Å². The van der Waals surface area contributed by atoms with Crippen molar-refractivity contribution in [3.05, 3.63) is 29.8 Å². The van der Waals surface area contributed by atoms with Crippen molar-refractivity contribution in [2.45, 2.75) is 38.1 Å². The number of hydrogen-bond donors (Lipinski definition) is 5. The van der Waals surface area contributed by atoms with E-state index in [1.165, 1.54) is 0 Å². The van der Waals surface area contributed by atoms with Crippen LogP contribution in [0.15, 0.2) is 24.3 Å². The highest BCUT2D eigenvalue weighted by Gasteiger charge is 2.26. The minimum absolute atomic E-state index is 0.0906. The lowest BCUT2D eigenvalue weighted by Crippen LogP contribution is -2.30. The molecule has 1 aromatic rings. The van der Waals surface area contributed by atoms with Gasteiger partial charge in [-0.25, -0.2) is 0 Å². The van der Waals surface area contributed by atoms with Crippen LogP contribution in [0.3, 0.4) is 0 Å². The van der Waals surface area contributed by atoms with E-state index in [2.05, 4.69) is 0 Å². The van der Waals surface area contributed by atoms with Crippen molar-refractivity contribution in [1.82, 2.24) is 0 Å². The summed E-state index contributed by atoms with van der Waals surface area (Å²) in [6.07, 6.45) is -0.604. The summed E-state index contributed by atoms with van der Waals surface area (Å²) in [7, 11) is -2.51. The van der Waals surface area contributed by atoms with Gasteiger partial charge < -0.3 is 30.5 Å². The highest BCUT2D eigenvalue weighted by Crippen LogP contribution is 2.35. The summed E-state index contributed by atoms with van der Waals surface area (Å²) in [5.41, 5.74) is 5.49. The van der Waals surface area contributed by atoms with Gasteiger partial charge in [0.1, 0.15) is 11.8 Å². The fourth-order valence-corrected chi connectivity index (χ4v) is 2.72. The third kappa shape index (κ3) is 9.53. The molecule has 148 valence electrons. The lowest BCUT2D eigenvalue weighted by Gasteiger charge is -2.25. The summed E-state index contributed by atoms with van der Waals surface area (Å²) < 4.78 is 15.4. The monoisotopic (exact) mass is 391 g/mol. The zero-order valence-electron chi connectivity index (χ0n) is 15.0. The van der Waals surface area contributed by atoms with Gasteiger partial charge in [-0.1, -0.05) is 32.0 Å². The fraction of sp³-hybridized carbons (Fsp3) is 0.500. The number of methoxy groups -OCH3 is 1. The Kier molecular flexibility index (Phi) is 9.51. The van der Waals surface area contributed by atoms with Gasteiger partial charge in [-0.3, -0.25) is 14.2 Å². The summed E-state index contributed by atoms with van der Waals surface area (Å²) in [5.74, 6) is -1.31. The fourth-order valence-electron chi connectivity index (χ4n) is 2.11. The van der Waals surface area contributed by atoms with E-state index in [9.17, 15) is 14.2 Å². The normalized spacial score (nSPS) is 12.5. The molecule has 1 rings (SSSR count). The van der Waals surface area contributed by atoms with Crippen LogP contribution in [0.4, 0.5) is 0 Å². The van der Waals surface area contributed by atoms with Crippen molar-refractivity contribution in [2.24, 2.45) is 5.73 Å². The van der Waals surface area contributed by atoms with E-state index in [1.54, 1.807) is 7.11 Å². The Hall–Kier alpha value is -1.93. The van der Waals surface area contributed by atoms with Crippen LogP contribution in [0.2, 0.25) is 0 Å². The van der Waals surface area contributed by atoms with Gasteiger partial charge in [0, 0.05) is 11.0 Å². The molecule has 0 amide bonds. The standard InChI is InChI=1S/C12H16O3.C4H10NO5P/c1-12(2,8-11(13)14)9-6-4-5-7-10(9)15-3;5-3(4(6)7)1-2-11(8,9)10/h4-7H,8H2,1-3H3,(H,13,14);3H,1-2,5H2,(H,6,7)(H2,8,9,10). The van der Waals surface area contributed by atoms with Crippen molar-refractivity contribution in [2.75, 3.05) is 13.3 Å². The Bertz CT molecular complexity index is 655. The van der Waals surface area contributed by atoms with E-state index >= 15 is 0 Å². The maximum Gasteiger partial charge on any atom is 0.325 e. The molecule has 0 heterocycles. The van der Waals surface area contributed by atoms with Crippen molar-refractivity contribution < 1.29 is 38.9 Å². The molecule has 1 aromatic carbocycles. The molecule has 0 saturated carbocycles. The lowest BCUT2D eigenvalue weighted by atomic mass is 9.81. The van der Waals surface area contributed by atoms with Crippen molar-refractivity contribution in [1.29, 1.82) is 0 Å². The van der Waals surface area contributed by atoms with Crippen LogP contribution in [0.25, 0.3) is 0 Å². The van der Waals surface area contributed by atoms with Crippen LogP contribution in [-0.2, 0) is 19.6 Å². The molecule has 0 fully saturated rings. The summed E-state index contributed by atoms with van der Waals surface area (Å²) in [5, 5.41) is 17.0. The van der Waals surface area contributed by atoms with Gasteiger partial charge >= 0.3 is 19.5 Å². The number of aliphatic carboxylic acids is 2. The summed E-state index contributed by atoms with van der Waals surface area (Å²) >= 11 is 0. The van der Waals surface area contributed by atoms with Gasteiger partial charge in [0.2, 0.25) is 0 Å². The molecule has 0 aliphatic heterocycles. The first-order valence-electron chi connectivity index (χ1n) is 7.68. The molecule has 0 aliphatic rings. The third-order valence-corrected chi connectivity index (χ3v) is 4.32. The predicted octanol–water partition coefficient (Wildman–Crippen LogP) is 1.41. The Morgan fingerprint density at radius 1 is 1.23 bits per heavy atom. The minimum Gasteiger partial charge on any atom is -0.496 e. The highest BCUT2D eigenvalue weighted by molar-refractivity contribution is 7.51. The molecular weight excluding hydrogens is 365 g/mol. The van der Waals surface area contributed by atoms with E-state index in [4.69, 9.17) is 30.5 Å². The van der Waals surface area contributed by atoms with Gasteiger partial charge in [0.25, 0.3) is 0 Å². The van der Waals surface area contributed by atoms with Crippen molar-refractivity contribution >= 4 is 19.5 Å². The number of carboxylic acid groups (broad SMARTS) is 2. The number of nitrogens with two attached hydrogens (primary N) is 1. The summed E-state index contributed by atoms with van der Waals surface area (Å²) in [6, 6.07) is 6.32. The number of ether oxygens (including phenoxy) is 1. The Balaban J connectivity index is 0.000000508. The number of carbonyl (C=O) groups is 2. The van der Waals surface area contributed by atoms with Crippen LogP contribution in [0.5, 0.6) is 5.75 Å². The second kappa shape index (κ2) is 10.3. The molecule has 0 radical (unpaired) electrons. The number of hydrogen-bond acceptors (Lipinski definition) is 5. The van der Waals surface area contributed by atoms with Crippen LogP contribution in [-0.4, -0.2) is 51.3 Å². The average Bonchev–Trinajstić information content (AvgIpc) is 2.51. The average molecular weight is 391 g/mol.